The molecule has 2 aliphatic rings. The molecule has 1 aromatic carbocycles. The Hall–Kier alpha value is -1.68. The number of aryl methyl sites for hydroxylation is 1. The van der Waals surface area contributed by atoms with Gasteiger partial charge in [0.15, 0.2) is 5.82 Å². The van der Waals surface area contributed by atoms with Gasteiger partial charge in [-0.15, -0.1) is 0 Å². The highest BCUT2D eigenvalue weighted by Crippen LogP contribution is 2.37. The minimum Gasteiger partial charge on any atom is -0.338 e. The molecule has 0 spiro atoms. The SMILES string of the molecule is CC1CCCNC1c1nc(C2CCc3ccccc32)no1. The summed E-state index contributed by atoms with van der Waals surface area (Å²) in [6.45, 7) is 3.30. The lowest BCUT2D eigenvalue weighted by molar-refractivity contribution is 0.238. The second kappa shape index (κ2) is 5.26. The summed E-state index contributed by atoms with van der Waals surface area (Å²) >= 11 is 0. The number of nitrogens with zero attached hydrogens (tertiary/aromatic N) is 2. The van der Waals surface area contributed by atoms with Gasteiger partial charge in [-0.25, -0.2) is 0 Å². The monoisotopic (exact) mass is 283 g/mol. The smallest absolute Gasteiger partial charge is 0.244 e. The van der Waals surface area contributed by atoms with Crippen LogP contribution in [0.4, 0.5) is 0 Å². The van der Waals surface area contributed by atoms with E-state index in [4.69, 9.17) is 9.51 Å². The fourth-order valence-corrected chi connectivity index (χ4v) is 3.72. The summed E-state index contributed by atoms with van der Waals surface area (Å²) < 4.78 is 5.58. The van der Waals surface area contributed by atoms with E-state index in [1.807, 2.05) is 0 Å². The van der Waals surface area contributed by atoms with Crippen molar-refractivity contribution in [1.29, 1.82) is 0 Å². The van der Waals surface area contributed by atoms with Crippen LogP contribution in [0, 0.1) is 5.92 Å². The molecule has 1 aromatic heterocycles. The summed E-state index contributed by atoms with van der Waals surface area (Å²) in [6, 6.07) is 8.84. The van der Waals surface area contributed by atoms with Gasteiger partial charge in [0.1, 0.15) is 0 Å². The maximum atomic E-state index is 5.58. The summed E-state index contributed by atoms with van der Waals surface area (Å²) in [5.74, 6) is 2.48. The van der Waals surface area contributed by atoms with Crippen molar-refractivity contribution in [3.05, 3.63) is 47.1 Å². The van der Waals surface area contributed by atoms with Crippen molar-refractivity contribution < 1.29 is 4.52 Å². The maximum absolute atomic E-state index is 5.58. The van der Waals surface area contributed by atoms with Gasteiger partial charge in [-0.05, 0) is 49.3 Å². The minimum absolute atomic E-state index is 0.219. The molecule has 3 unspecified atom stereocenters. The Morgan fingerprint density at radius 2 is 2.14 bits per heavy atom. The van der Waals surface area contributed by atoms with Gasteiger partial charge in [0.25, 0.3) is 0 Å². The van der Waals surface area contributed by atoms with Gasteiger partial charge in [0.05, 0.1) is 6.04 Å². The van der Waals surface area contributed by atoms with Gasteiger partial charge in [-0.3, -0.25) is 0 Å². The van der Waals surface area contributed by atoms with Crippen molar-refractivity contribution in [2.45, 2.75) is 44.6 Å². The van der Waals surface area contributed by atoms with Crippen LogP contribution in [0.2, 0.25) is 0 Å². The van der Waals surface area contributed by atoms with Gasteiger partial charge >= 0.3 is 0 Å². The molecule has 4 rings (SSSR count). The van der Waals surface area contributed by atoms with Gasteiger partial charge < -0.3 is 9.84 Å². The molecule has 0 saturated carbocycles. The average Bonchev–Trinajstić information content (AvgIpc) is 3.14. The molecular formula is C17H21N3O. The lowest BCUT2D eigenvalue weighted by Crippen LogP contribution is -2.33. The van der Waals surface area contributed by atoms with Crippen LogP contribution in [0.25, 0.3) is 0 Å². The summed E-state index contributed by atoms with van der Waals surface area (Å²) in [6.07, 6.45) is 4.66. The first kappa shape index (κ1) is 13.0. The van der Waals surface area contributed by atoms with Crippen LogP contribution in [0.3, 0.4) is 0 Å². The molecular weight excluding hydrogens is 262 g/mol. The van der Waals surface area contributed by atoms with Crippen LogP contribution < -0.4 is 5.32 Å². The quantitative estimate of drug-likeness (QED) is 0.919. The Morgan fingerprint density at radius 1 is 1.24 bits per heavy atom. The van der Waals surface area contributed by atoms with E-state index in [0.717, 1.165) is 31.1 Å². The van der Waals surface area contributed by atoms with Crippen molar-refractivity contribution in [2.75, 3.05) is 6.54 Å². The van der Waals surface area contributed by atoms with Crippen LogP contribution in [-0.2, 0) is 6.42 Å². The molecule has 3 atom stereocenters. The fraction of sp³-hybridized carbons (Fsp3) is 0.529. The molecule has 1 saturated heterocycles. The van der Waals surface area contributed by atoms with E-state index >= 15 is 0 Å². The normalized spacial score (nSPS) is 28.5. The molecule has 1 aliphatic carbocycles. The number of benzene rings is 1. The number of hydrogen-bond donors (Lipinski definition) is 1. The zero-order valence-electron chi connectivity index (χ0n) is 12.4. The first-order valence-corrected chi connectivity index (χ1v) is 7.97. The molecule has 2 aromatic rings. The Kier molecular flexibility index (Phi) is 3.26. The second-order valence-electron chi connectivity index (χ2n) is 6.33. The van der Waals surface area contributed by atoms with Crippen LogP contribution in [0.15, 0.2) is 28.8 Å². The average molecular weight is 283 g/mol. The number of piperidine rings is 1. The van der Waals surface area contributed by atoms with E-state index in [1.165, 1.54) is 24.0 Å². The van der Waals surface area contributed by atoms with Crippen molar-refractivity contribution in [1.82, 2.24) is 15.5 Å². The Morgan fingerprint density at radius 3 is 3.05 bits per heavy atom. The number of hydrogen-bond acceptors (Lipinski definition) is 4. The molecule has 0 bridgehead atoms. The van der Waals surface area contributed by atoms with E-state index in [2.05, 4.69) is 41.7 Å². The molecule has 4 heteroatoms. The van der Waals surface area contributed by atoms with Crippen molar-refractivity contribution >= 4 is 0 Å². The van der Waals surface area contributed by atoms with Crippen LogP contribution >= 0.6 is 0 Å². The summed E-state index contributed by atoms with van der Waals surface area (Å²) in [5, 5.41) is 7.79. The number of nitrogens with one attached hydrogen (secondary N) is 1. The van der Waals surface area contributed by atoms with E-state index in [-0.39, 0.29) is 6.04 Å². The first-order valence-electron chi connectivity index (χ1n) is 7.97. The van der Waals surface area contributed by atoms with Gasteiger partial charge in [-0.1, -0.05) is 36.3 Å². The summed E-state index contributed by atoms with van der Waals surface area (Å²) in [7, 11) is 0. The molecule has 110 valence electrons. The number of aromatic nitrogens is 2. The van der Waals surface area contributed by atoms with Crippen LogP contribution in [-0.4, -0.2) is 16.7 Å². The zero-order valence-corrected chi connectivity index (χ0v) is 12.4. The third-order valence-corrected chi connectivity index (χ3v) is 4.94. The molecule has 2 heterocycles. The van der Waals surface area contributed by atoms with E-state index in [9.17, 15) is 0 Å². The maximum Gasteiger partial charge on any atom is 0.244 e. The highest BCUT2D eigenvalue weighted by molar-refractivity contribution is 5.38. The molecule has 0 amide bonds. The third kappa shape index (κ3) is 2.27. The number of rotatable bonds is 2. The summed E-state index contributed by atoms with van der Waals surface area (Å²) in [4.78, 5) is 4.72. The van der Waals surface area contributed by atoms with E-state index < -0.39 is 0 Å². The zero-order chi connectivity index (χ0) is 14.2. The predicted octanol–water partition coefficient (Wildman–Crippen LogP) is 3.21. The number of fused-ring (bicyclic) bond motifs is 1. The molecule has 1 fully saturated rings. The lowest BCUT2D eigenvalue weighted by atomic mass is 9.92. The molecule has 21 heavy (non-hydrogen) atoms. The molecule has 1 N–H and O–H groups in total. The second-order valence-corrected chi connectivity index (χ2v) is 6.33. The Bertz CT molecular complexity index is 636. The lowest BCUT2D eigenvalue weighted by Gasteiger charge is -2.26. The molecule has 1 aliphatic heterocycles. The molecule has 4 nitrogen and oxygen atoms in total. The minimum atomic E-state index is 0.219. The van der Waals surface area contributed by atoms with Gasteiger partial charge in [-0.2, -0.15) is 4.98 Å². The highest BCUT2D eigenvalue weighted by atomic mass is 16.5. The van der Waals surface area contributed by atoms with E-state index in [0.29, 0.717) is 11.8 Å². The Labute approximate surface area is 124 Å². The van der Waals surface area contributed by atoms with Crippen LogP contribution in [0.1, 0.15) is 61.0 Å². The topological polar surface area (TPSA) is 51.0 Å². The van der Waals surface area contributed by atoms with Crippen molar-refractivity contribution in [3.63, 3.8) is 0 Å². The van der Waals surface area contributed by atoms with Gasteiger partial charge in [0.2, 0.25) is 5.89 Å². The van der Waals surface area contributed by atoms with E-state index in [1.54, 1.807) is 0 Å². The van der Waals surface area contributed by atoms with Crippen molar-refractivity contribution in [3.8, 4) is 0 Å². The fourth-order valence-electron chi connectivity index (χ4n) is 3.72. The molecule has 0 radical (unpaired) electrons. The predicted molar refractivity (Wildman–Crippen MR) is 80.0 cm³/mol. The largest absolute Gasteiger partial charge is 0.338 e. The van der Waals surface area contributed by atoms with Crippen molar-refractivity contribution in [2.24, 2.45) is 5.92 Å². The van der Waals surface area contributed by atoms with Gasteiger partial charge in [0, 0.05) is 5.92 Å². The third-order valence-electron chi connectivity index (χ3n) is 4.94. The standard InChI is InChI=1S/C17H21N3O/c1-11-5-4-10-18-15(11)17-19-16(20-21-17)14-9-8-12-6-2-3-7-13(12)14/h2-3,6-7,11,14-15,18H,4-5,8-10H2,1H3. The van der Waals surface area contributed by atoms with Crippen LogP contribution in [0.5, 0.6) is 0 Å². The Balaban J connectivity index is 1.61. The highest BCUT2D eigenvalue weighted by Gasteiger charge is 2.31. The summed E-state index contributed by atoms with van der Waals surface area (Å²) in [5.41, 5.74) is 2.80. The first-order chi connectivity index (χ1) is 10.3.